The number of ether oxygens (including phenoxy) is 1. The highest BCUT2D eigenvalue weighted by molar-refractivity contribution is 6.32. The smallest absolute Gasteiger partial charge is 0.181 e. The highest BCUT2D eigenvalue weighted by Crippen LogP contribution is 2.28. The maximum absolute atomic E-state index is 6.22. The maximum atomic E-state index is 6.22. The van der Waals surface area contributed by atoms with Crippen LogP contribution in [0.5, 0.6) is 5.75 Å². The van der Waals surface area contributed by atoms with Crippen molar-refractivity contribution in [3.05, 3.63) is 41.2 Å². The van der Waals surface area contributed by atoms with Crippen LogP contribution >= 0.6 is 11.6 Å². The summed E-state index contributed by atoms with van der Waals surface area (Å²) in [6.07, 6.45) is 1.74. The number of nitrogens with zero attached hydrogens (tertiary/aromatic N) is 5. The van der Waals surface area contributed by atoms with Crippen molar-refractivity contribution in [1.82, 2.24) is 29.5 Å². The van der Waals surface area contributed by atoms with Gasteiger partial charge >= 0.3 is 0 Å². The summed E-state index contributed by atoms with van der Waals surface area (Å²) in [5.41, 5.74) is 3.97. The van der Waals surface area contributed by atoms with E-state index in [2.05, 4.69) is 20.2 Å². The van der Waals surface area contributed by atoms with Gasteiger partial charge in [-0.3, -0.25) is 4.68 Å². The number of rotatable bonds is 3. The van der Waals surface area contributed by atoms with E-state index in [9.17, 15) is 0 Å². The summed E-state index contributed by atoms with van der Waals surface area (Å²) in [4.78, 5) is 7.92. The third-order valence-corrected chi connectivity index (χ3v) is 4.10. The quantitative estimate of drug-likeness (QED) is 0.620. The highest BCUT2D eigenvalue weighted by Gasteiger charge is 2.18. The number of methoxy groups -OCH3 is 1. The van der Waals surface area contributed by atoms with Crippen molar-refractivity contribution in [2.45, 2.75) is 6.92 Å². The number of nitrogens with one attached hydrogen (secondary N) is 1. The normalized spacial score (nSPS) is 11.3. The molecule has 24 heavy (non-hydrogen) atoms. The van der Waals surface area contributed by atoms with Crippen LogP contribution < -0.4 is 4.74 Å². The Morgan fingerprint density at radius 3 is 2.54 bits per heavy atom. The van der Waals surface area contributed by atoms with Crippen molar-refractivity contribution >= 4 is 22.8 Å². The van der Waals surface area contributed by atoms with Gasteiger partial charge in [0.05, 0.1) is 23.5 Å². The summed E-state index contributed by atoms with van der Waals surface area (Å²) in [5, 5.41) is 9.47. The number of fused-ring (bicyclic) bond motifs is 1. The van der Waals surface area contributed by atoms with E-state index < -0.39 is 0 Å². The zero-order valence-electron chi connectivity index (χ0n) is 13.4. The number of aromatic nitrogens is 6. The van der Waals surface area contributed by atoms with Gasteiger partial charge in [-0.05, 0) is 31.2 Å². The average Bonchev–Trinajstić information content (AvgIpc) is 3.22. The fraction of sp³-hybridized carbons (Fsp3) is 0.188. The molecule has 0 fully saturated rings. The first-order valence-corrected chi connectivity index (χ1v) is 7.74. The van der Waals surface area contributed by atoms with E-state index in [0.717, 1.165) is 28.3 Å². The Balaban J connectivity index is 1.86. The van der Waals surface area contributed by atoms with Crippen LogP contribution in [0.3, 0.4) is 0 Å². The third-order valence-electron chi connectivity index (χ3n) is 3.82. The molecule has 0 spiro atoms. The molecule has 0 radical (unpaired) electrons. The molecule has 4 rings (SSSR count). The molecule has 0 saturated heterocycles. The first kappa shape index (κ1) is 14.8. The maximum Gasteiger partial charge on any atom is 0.181 e. The monoisotopic (exact) mass is 342 g/mol. The molecule has 0 aliphatic rings. The molecular weight excluding hydrogens is 328 g/mol. The number of imidazole rings is 1. The van der Waals surface area contributed by atoms with Crippen LogP contribution in [0.4, 0.5) is 0 Å². The Morgan fingerprint density at radius 1 is 1.17 bits per heavy atom. The van der Waals surface area contributed by atoms with Gasteiger partial charge in [-0.25, -0.2) is 9.67 Å². The van der Waals surface area contributed by atoms with Gasteiger partial charge in [0.25, 0.3) is 0 Å². The van der Waals surface area contributed by atoms with E-state index in [-0.39, 0.29) is 0 Å². The zero-order valence-corrected chi connectivity index (χ0v) is 14.2. The fourth-order valence-corrected chi connectivity index (χ4v) is 2.92. The SMILES string of the molecule is COc1ccc(-n2nc(C)c3[nH]c(-c4nn(C)cc4Cl)nc32)cc1. The van der Waals surface area contributed by atoms with Crippen molar-refractivity contribution < 1.29 is 4.74 Å². The van der Waals surface area contributed by atoms with E-state index in [1.165, 1.54) is 0 Å². The number of benzene rings is 1. The minimum absolute atomic E-state index is 0.551. The van der Waals surface area contributed by atoms with Gasteiger partial charge in [-0.15, -0.1) is 0 Å². The predicted molar refractivity (Wildman–Crippen MR) is 91.7 cm³/mol. The predicted octanol–water partition coefficient (Wildman–Crippen LogP) is 3.12. The number of aryl methyl sites for hydroxylation is 2. The van der Waals surface area contributed by atoms with Gasteiger partial charge < -0.3 is 9.72 Å². The Labute approximate surface area is 142 Å². The molecule has 0 unspecified atom stereocenters. The molecule has 3 heterocycles. The Morgan fingerprint density at radius 2 is 1.92 bits per heavy atom. The number of hydrogen-bond donors (Lipinski definition) is 1. The molecule has 0 aliphatic carbocycles. The van der Waals surface area contributed by atoms with Crippen LogP contribution in [-0.2, 0) is 7.05 Å². The summed E-state index contributed by atoms with van der Waals surface area (Å²) in [6, 6.07) is 7.66. The number of halogens is 1. The second-order valence-corrected chi connectivity index (χ2v) is 5.89. The molecule has 7 nitrogen and oxygen atoms in total. The molecular formula is C16H15ClN6O. The average molecular weight is 343 g/mol. The Kier molecular flexibility index (Phi) is 3.31. The lowest BCUT2D eigenvalue weighted by molar-refractivity contribution is 0.414. The summed E-state index contributed by atoms with van der Waals surface area (Å²) in [6.45, 7) is 1.93. The standard InChI is InChI=1S/C16H15ClN6O/c1-9-13-16(19-15(18-13)14-12(17)8-22(2)21-14)23(20-9)10-4-6-11(24-3)7-5-10/h4-8H,1-3H3,(H,18,19). The van der Waals surface area contributed by atoms with E-state index in [4.69, 9.17) is 16.3 Å². The summed E-state index contributed by atoms with van der Waals surface area (Å²) < 4.78 is 8.65. The molecule has 0 bridgehead atoms. The van der Waals surface area contributed by atoms with E-state index >= 15 is 0 Å². The van der Waals surface area contributed by atoms with Crippen molar-refractivity contribution in [2.24, 2.45) is 7.05 Å². The molecule has 8 heteroatoms. The van der Waals surface area contributed by atoms with Crippen LogP contribution in [0.25, 0.3) is 28.4 Å². The largest absolute Gasteiger partial charge is 0.497 e. The molecule has 3 aromatic heterocycles. The second-order valence-electron chi connectivity index (χ2n) is 5.48. The minimum atomic E-state index is 0.551. The van der Waals surface area contributed by atoms with Crippen molar-refractivity contribution in [3.63, 3.8) is 0 Å². The van der Waals surface area contributed by atoms with Gasteiger partial charge in [0.15, 0.2) is 11.5 Å². The van der Waals surface area contributed by atoms with Gasteiger partial charge in [0.1, 0.15) is 17.0 Å². The van der Waals surface area contributed by atoms with Crippen molar-refractivity contribution in [2.75, 3.05) is 7.11 Å². The van der Waals surface area contributed by atoms with Crippen LogP contribution in [-0.4, -0.2) is 36.6 Å². The second kappa shape index (κ2) is 5.38. The molecule has 1 aromatic carbocycles. The molecule has 0 aliphatic heterocycles. The molecule has 0 amide bonds. The van der Waals surface area contributed by atoms with E-state index in [1.54, 1.807) is 22.7 Å². The minimum Gasteiger partial charge on any atom is -0.497 e. The molecule has 0 saturated carbocycles. The van der Waals surface area contributed by atoms with E-state index in [0.29, 0.717) is 16.5 Å². The Hall–Kier alpha value is -2.80. The first-order valence-electron chi connectivity index (χ1n) is 7.36. The summed E-state index contributed by atoms with van der Waals surface area (Å²) in [5.74, 6) is 1.42. The number of aromatic amines is 1. The molecule has 0 atom stereocenters. The van der Waals surface area contributed by atoms with Crippen molar-refractivity contribution in [1.29, 1.82) is 0 Å². The van der Waals surface area contributed by atoms with Crippen LogP contribution in [0.15, 0.2) is 30.5 Å². The van der Waals surface area contributed by atoms with E-state index in [1.807, 2.05) is 38.2 Å². The van der Waals surface area contributed by atoms with Crippen LogP contribution in [0.1, 0.15) is 5.69 Å². The van der Waals surface area contributed by atoms with Crippen molar-refractivity contribution in [3.8, 4) is 23.0 Å². The number of H-pyrrole nitrogens is 1. The zero-order chi connectivity index (χ0) is 16.8. The van der Waals surface area contributed by atoms with Gasteiger partial charge in [0.2, 0.25) is 0 Å². The topological polar surface area (TPSA) is 73.6 Å². The summed E-state index contributed by atoms with van der Waals surface area (Å²) >= 11 is 6.22. The van der Waals surface area contributed by atoms with Crippen LogP contribution in [0.2, 0.25) is 5.02 Å². The molecule has 4 aromatic rings. The van der Waals surface area contributed by atoms with Gasteiger partial charge in [0, 0.05) is 13.2 Å². The Bertz CT molecular complexity index is 1030. The summed E-state index contributed by atoms with van der Waals surface area (Å²) in [7, 11) is 3.46. The highest BCUT2D eigenvalue weighted by atomic mass is 35.5. The number of hydrogen-bond acceptors (Lipinski definition) is 4. The fourth-order valence-electron chi connectivity index (χ4n) is 2.65. The molecule has 1 N–H and O–H groups in total. The molecule has 122 valence electrons. The lowest BCUT2D eigenvalue weighted by Gasteiger charge is -2.03. The lowest BCUT2D eigenvalue weighted by Crippen LogP contribution is -1.98. The lowest BCUT2D eigenvalue weighted by atomic mass is 10.3. The van der Waals surface area contributed by atoms with Gasteiger partial charge in [-0.1, -0.05) is 11.6 Å². The van der Waals surface area contributed by atoms with Crippen LogP contribution in [0, 0.1) is 6.92 Å². The first-order chi connectivity index (χ1) is 11.6. The van der Waals surface area contributed by atoms with Gasteiger partial charge in [-0.2, -0.15) is 10.2 Å². The third kappa shape index (κ3) is 2.25.